The van der Waals surface area contributed by atoms with Gasteiger partial charge in [-0.2, -0.15) is 0 Å². The molecule has 1 aromatic carbocycles. The minimum atomic E-state index is -3.81. The number of nitrogens with one attached hydrogen (secondary N) is 2. The summed E-state index contributed by atoms with van der Waals surface area (Å²) in [5.41, 5.74) is 0.792. The number of anilines is 2. The highest BCUT2D eigenvalue weighted by molar-refractivity contribution is 9.10. The summed E-state index contributed by atoms with van der Waals surface area (Å²) in [6.45, 7) is 1.68. The molecule has 0 atom stereocenters. The lowest BCUT2D eigenvalue weighted by molar-refractivity contribution is 0.600. The van der Waals surface area contributed by atoms with E-state index in [1.54, 1.807) is 20.0 Å². The molecule has 21 heavy (non-hydrogen) atoms. The average Bonchev–Trinajstić information content (AvgIpc) is 2.44. The van der Waals surface area contributed by atoms with Crippen LogP contribution in [-0.2, 0) is 10.0 Å². The van der Waals surface area contributed by atoms with Gasteiger partial charge in [-0.15, -0.1) is 0 Å². The first kappa shape index (κ1) is 15.7. The molecule has 0 spiro atoms. The normalized spacial score (nSPS) is 11.2. The van der Waals surface area contributed by atoms with Crippen LogP contribution in [0.4, 0.5) is 15.9 Å². The van der Waals surface area contributed by atoms with E-state index >= 15 is 0 Å². The fourth-order valence-electron chi connectivity index (χ4n) is 1.65. The van der Waals surface area contributed by atoms with E-state index in [1.165, 1.54) is 18.3 Å². The molecule has 1 aromatic heterocycles. The number of sulfonamides is 1. The number of hydrogen-bond acceptors (Lipinski definition) is 4. The van der Waals surface area contributed by atoms with Gasteiger partial charge in [0.25, 0.3) is 10.0 Å². The number of rotatable bonds is 4. The fraction of sp³-hybridized carbons (Fsp3) is 0.154. The van der Waals surface area contributed by atoms with Gasteiger partial charge in [-0.3, -0.25) is 4.72 Å². The summed E-state index contributed by atoms with van der Waals surface area (Å²) >= 11 is 3.05. The van der Waals surface area contributed by atoms with Gasteiger partial charge in [0.1, 0.15) is 16.5 Å². The van der Waals surface area contributed by atoms with Crippen molar-refractivity contribution in [1.29, 1.82) is 0 Å². The van der Waals surface area contributed by atoms with Crippen molar-refractivity contribution in [3.63, 3.8) is 0 Å². The maximum Gasteiger partial charge on any atom is 0.263 e. The lowest BCUT2D eigenvalue weighted by atomic mass is 10.2. The minimum Gasteiger partial charge on any atom is -0.373 e. The fourth-order valence-corrected chi connectivity index (χ4v) is 3.17. The molecule has 112 valence electrons. The van der Waals surface area contributed by atoms with Crippen molar-refractivity contribution >= 4 is 37.5 Å². The SMILES string of the molecule is CNc1ccc(S(=O)(=O)Nc2cc(F)c(Br)cc2C)cn1. The Labute approximate surface area is 130 Å². The molecule has 0 unspecified atom stereocenters. The van der Waals surface area contributed by atoms with Crippen molar-refractivity contribution < 1.29 is 12.8 Å². The van der Waals surface area contributed by atoms with Crippen molar-refractivity contribution in [2.24, 2.45) is 0 Å². The maximum absolute atomic E-state index is 13.5. The molecule has 0 bridgehead atoms. The van der Waals surface area contributed by atoms with Gasteiger partial charge in [-0.1, -0.05) is 0 Å². The van der Waals surface area contributed by atoms with Crippen molar-refractivity contribution in [1.82, 2.24) is 4.98 Å². The topological polar surface area (TPSA) is 71.1 Å². The van der Waals surface area contributed by atoms with E-state index in [9.17, 15) is 12.8 Å². The predicted molar refractivity (Wildman–Crippen MR) is 83.4 cm³/mol. The van der Waals surface area contributed by atoms with Crippen LogP contribution in [0.25, 0.3) is 0 Å². The van der Waals surface area contributed by atoms with Gasteiger partial charge in [0.05, 0.1) is 10.2 Å². The Morgan fingerprint density at radius 1 is 1.29 bits per heavy atom. The first-order valence-electron chi connectivity index (χ1n) is 5.96. The minimum absolute atomic E-state index is 0.00391. The predicted octanol–water partition coefficient (Wildman–Crippen LogP) is 3.13. The Bertz CT molecular complexity index is 764. The second-order valence-corrected chi connectivity index (χ2v) is 6.85. The Morgan fingerprint density at radius 2 is 2.00 bits per heavy atom. The molecule has 0 radical (unpaired) electrons. The van der Waals surface area contributed by atoms with Gasteiger partial charge >= 0.3 is 0 Å². The van der Waals surface area contributed by atoms with E-state index < -0.39 is 15.8 Å². The van der Waals surface area contributed by atoms with Crippen LogP contribution in [0.15, 0.2) is 39.8 Å². The Kier molecular flexibility index (Phi) is 4.48. The third-order valence-electron chi connectivity index (χ3n) is 2.81. The van der Waals surface area contributed by atoms with Gasteiger partial charge < -0.3 is 5.32 Å². The average molecular weight is 374 g/mol. The first-order chi connectivity index (χ1) is 9.83. The molecule has 0 aliphatic carbocycles. The summed E-state index contributed by atoms with van der Waals surface area (Å²) < 4.78 is 40.7. The highest BCUT2D eigenvalue weighted by atomic mass is 79.9. The van der Waals surface area contributed by atoms with Gasteiger partial charge in [-0.05, 0) is 52.7 Å². The molecule has 0 aliphatic rings. The monoisotopic (exact) mass is 373 g/mol. The van der Waals surface area contributed by atoms with E-state index in [1.807, 2.05) is 0 Å². The molecule has 2 aromatic rings. The maximum atomic E-state index is 13.5. The number of aromatic nitrogens is 1. The zero-order valence-corrected chi connectivity index (χ0v) is 13.7. The Morgan fingerprint density at radius 3 is 2.57 bits per heavy atom. The van der Waals surface area contributed by atoms with Gasteiger partial charge in [0, 0.05) is 13.2 Å². The van der Waals surface area contributed by atoms with Crippen LogP contribution in [0, 0.1) is 12.7 Å². The molecule has 0 saturated carbocycles. The zero-order valence-electron chi connectivity index (χ0n) is 11.3. The number of benzene rings is 1. The van der Waals surface area contributed by atoms with Crippen LogP contribution >= 0.6 is 15.9 Å². The number of hydrogen-bond donors (Lipinski definition) is 2. The molecule has 0 amide bonds. The summed E-state index contributed by atoms with van der Waals surface area (Å²) in [6, 6.07) is 5.61. The first-order valence-corrected chi connectivity index (χ1v) is 8.23. The molecule has 0 aliphatic heterocycles. The zero-order chi connectivity index (χ0) is 15.6. The molecule has 2 rings (SSSR count). The van der Waals surface area contributed by atoms with Crippen molar-refractivity contribution in [3.05, 3.63) is 46.3 Å². The van der Waals surface area contributed by atoms with Gasteiger partial charge in [0.15, 0.2) is 0 Å². The molecular formula is C13H13BrFN3O2S. The number of nitrogens with zero attached hydrogens (tertiary/aromatic N) is 1. The molecular weight excluding hydrogens is 361 g/mol. The Balaban J connectivity index is 2.34. The smallest absolute Gasteiger partial charge is 0.263 e. The molecule has 2 N–H and O–H groups in total. The quantitative estimate of drug-likeness (QED) is 0.863. The van der Waals surface area contributed by atoms with E-state index in [-0.39, 0.29) is 15.1 Å². The third kappa shape index (κ3) is 3.51. The molecule has 1 heterocycles. The summed E-state index contributed by atoms with van der Waals surface area (Å²) in [5.74, 6) is 0.0155. The van der Waals surface area contributed by atoms with Crippen molar-refractivity contribution in [2.45, 2.75) is 11.8 Å². The van der Waals surface area contributed by atoms with Crippen molar-refractivity contribution in [2.75, 3.05) is 17.1 Å². The van der Waals surface area contributed by atoms with Crippen molar-refractivity contribution in [3.8, 4) is 0 Å². The highest BCUT2D eigenvalue weighted by Gasteiger charge is 2.17. The standard InChI is InChI=1S/C13H13BrFN3O2S/c1-8-5-10(14)11(15)6-12(8)18-21(19,20)9-3-4-13(16-2)17-7-9/h3-7,18H,1-2H3,(H,16,17). The summed E-state index contributed by atoms with van der Waals surface area (Å²) in [7, 11) is -2.13. The molecule has 0 fully saturated rings. The highest BCUT2D eigenvalue weighted by Crippen LogP contribution is 2.26. The van der Waals surface area contributed by atoms with Crippen LogP contribution in [0.3, 0.4) is 0 Å². The second kappa shape index (κ2) is 5.98. The van der Waals surface area contributed by atoms with Crippen LogP contribution in [0.1, 0.15) is 5.56 Å². The summed E-state index contributed by atoms with van der Waals surface area (Å²) in [4.78, 5) is 3.95. The van der Waals surface area contributed by atoms with Crippen LogP contribution < -0.4 is 10.0 Å². The largest absolute Gasteiger partial charge is 0.373 e. The number of aryl methyl sites for hydroxylation is 1. The second-order valence-electron chi connectivity index (χ2n) is 4.32. The third-order valence-corrected chi connectivity index (χ3v) is 4.77. The van der Waals surface area contributed by atoms with Gasteiger partial charge in [-0.25, -0.2) is 17.8 Å². The number of pyridine rings is 1. The lowest BCUT2D eigenvalue weighted by Gasteiger charge is -2.11. The van der Waals surface area contributed by atoms with Crippen LogP contribution in [0.2, 0.25) is 0 Å². The summed E-state index contributed by atoms with van der Waals surface area (Å²) in [6.07, 6.45) is 1.23. The lowest BCUT2D eigenvalue weighted by Crippen LogP contribution is -2.14. The van der Waals surface area contributed by atoms with Gasteiger partial charge in [0.2, 0.25) is 0 Å². The van der Waals surface area contributed by atoms with E-state index in [4.69, 9.17) is 0 Å². The van der Waals surface area contributed by atoms with Crippen LogP contribution in [0.5, 0.6) is 0 Å². The molecule has 8 heteroatoms. The number of halogens is 2. The van der Waals surface area contributed by atoms with Crippen LogP contribution in [-0.4, -0.2) is 20.4 Å². The Hall–Kier alpha value is -1.67. The van der Waals surface area contributed by atoms with E-state index in [0.717, 1.165) is 6.07 Å². The molecule has 5 nitrogen and oxygen atoms in total. The van der Waals surface area contributed by atoms with E-state index in [2.05, 4.69) is 31.0 Å². The summed E-state index contributed by atoms with van der Waals surface area (Å²) in [5, 5.41) is 2.80. The molecule has 0 saturated heterocycles. The van der Waals surface area contributed by atoms with E-state index in [0.29, 0.717) is 11.4 Å².